The average Bonchev–Trinajstić information content (AvgIpc) is 3.10. The highest BCUT2D eigenvalue weighted by Gasteiger charge is 2.23. The third kappa shape index (κ3) is 4.12. The normalized spacial score (nSPS) is 16.7. The van der Waals surface area contributed by atoms with Crippen LogP contribution in [0.25, 0.3) is 0 Å². The van der Waals surface area contributed by atoms with E-state index in [2.05, 4.69) is 19.9 Å². The number of hydrogen-bond acceptors (Lipinski definition) is 2. The number of hydrogen-bond donors (Lipinski definition) is 1. The van der Waals surface area contributed by atoms with Crippen molar-refractivity contribution in [2.75, 3.05) is 6.61 Å². The Kier molecular flexibility index (Phi) is 4.75. The number of rotatable bonds is 6. The molecule has 19 heavy (non-hydrogen) atoms. The molecule has 1 atom stereocenters. The number of nitrogens with two attached hydrogens (primary N) is 1. The SMILES string of the molecule is CC(N)Cc1cc(C(C)C)cc(Cl)c1OCC1CC1. The quantitative estimate of drug-likeness (QED) is 0.850. The van der Waals surface area contributed by atoms with E-state index in [1.54, 1.807) is 0 Å². The molecule has 3 heteroatoms. The summed E-state index contributed by atoms with van der Waals surface area (Å²) in [5.41, 5.74) is 8.33. The molecular formula is C16H24ClNO. The lowest BCUT2D eigenvalue weighted by molar-refractivity contribution is 0.296. The molecule has 1 aliphatic rings. The molecule has 1 aromatic carbocycles. The molecule has 0 aliphatic heterocycles. The first-order valence-corrected chi connectivity index (χ1v) is 7.56. The molecule has 0 heterocycles. The van der Waals surface area contributed by atoms with Gasteiger partial charge in [-0.1, -0.05) is 31.5 Å². The fourth-order valence-corrected chi connectivity index (χ4v) is 2.45. The van der Waals surface area contributed by atoms with Crippen molar-refractivity contribution >= 4 is 11.6 Å². The lowest BCUT2D eigenvalue weighted by atomic mass is 9.97. The predicted molar refractivity (Wildman–Crippen MR) is 81.1 cm³/mol. The van der Waals surface area contributed by atoms with Crippen LogP contribution in [0.1, 0.15) is 50.7 Å². The lowest BCUT2D eigenvalue weighted by Gasteiger charge is -2.17. The van der Waals surface area contributed by atoms with Gasteiger partial charge in [-0.05, 0) is 55.2 Å². The highest BCUT2D eigenvalue weighted by Crippen LogP contribution is 2.36. The third-order valence-corrected chi connectivity index (χ3v) is 3.79. The maximum absolute atomic E-state index is 6.40. The van der Waals surface area contributed by atoms with Crippen molar-refractivity contribution in [3.8, 4) is 5.75 Å². The maximum Gasteiger partial charge on any atom is 0.141 e. The first-order chi connectivity index (χ1) is 8.97. The predicted octanol–water partition coefficient (Wildman–Crippen LogP) is 4.14. The van der Waals surface area contributed by atoms with Gasteiger partial charge in [-0.15, -0.1) is 0 Å². The van der Waals surface area contributed by atoms with Crippen LogP contribution >= 0.6 is 11.6 Å². The van der Waals surface area contributed by atoms with Crippen LogP contribution < -0.4 is 10.5 Å². The molecule has 2 nitrogen and oxygen atoms in total. The molecule has 1 aromatic rings. The van der Waals surface area contributed by atoms with Gasteiger partial charge in [0.2, 0.25) is 0 Å². The van der Waals surface area contributed by atoms with E-state index in [0.29, 0.717) is 5.92 Å². The topological polar surface area (TPSA) is 35.2 Å². The zero-order chi connectivity index (χ0) is 14.0. The van der Waals surface area contributed by atoms with Gasteiger partial charge in [-0.2, -0.15) is 0 Å². The number of ether oxygens (including phenoxy) is 1. The molecule has 0 amide bonds. The molecule has 0 bridgehead atoms. The van der Waals surface area contributed by atoms with Gasteiger partial charge in [-0.25, -0.2) is 0 Å². The average molecular weight is 282 g/mol. The molecule has 1 saturated carbocycles. The van der Waals surface area contributed by atoms with Crippen molar-refractivity contribution in [3.05, 3.63) is 28.3 Å². The Morgan fingerprint density at radius 3 is 2.53 bits per heavy atom. The van der Waals surface area contributed by atoms with E-state index in [1.165, 1.54) is 18.4 Å². The van der Waals surface area contributed by atoms with Crippen LogP contribution in [0.4, 0.5) is 0 Å². The smallest absolute Gasteiger partial charge is 0.141 e. The molecule has 2 rings (SSSR count). The Morgan fingerprint density at radius 1 is 1.32 bits per heavy atom. The van der Waals surface area contributed by atoms with Crippen molar-refractivity contribution in [3.63, 3.8) is 0 Å². The number of halogens is 1. The highest BCUT2D eigenvalue weighted by molar-refractivity contribution is 6.32. The van der Waals surface area contributed by atoms with Gasteiger partial charge in [-0.3, -0.25) is 0 Å². The summed E-state index contributed by atoms with van der Waals surface area (Å²) >= 11 is 6.40. The molecular weight excluding hydrogens is 258 g/mol. The molecule has 0 radical (unpaired) electrons. The summed E-state index contributed by atoms with van der Waals surface area (Å²) in [5.74, 6) is 2.03. The first kappa shape index (κ1) is 14.7. The van der Waals surface area contributed by atoms with Gasteiger partial charge < -0.3 is 10.5 Å². The van der Waals surface area contributed by atoms with Crippen LogP contribution in [0.15, 0.2) is 12.1 Å². The highest BCUT2D eigenvalue weighted by atomic mass is 35.5. The summed E-state index contributed by atoms with van der Waals surface area (Å²) in [6.07, 6.45) is 3.37. The second-order valence-electron chi connectivity index (χ2n) is 6.08. The monoisotopic (exact) mass is 281 g/mol. The van der Waals surface area contributed by atoms with Crippen LogP contribution in [-0.4, -0.2) is 12.6 Å². The van der Waals surface area contributed by atoms with Crippen LogP contribution in [0.5, 0.6) is 5.75 Å². The summed E-state index contributed by atoms with van der Waals surface area (Å²) in [7, 11) is 0. The zero-order valence-electron chi connectivity index (χ0n) is 12.1. The zero-order valence-corrected chi connectivity index (χ0v) is 12.8. The van der Waals surface area contributed by atoms with Crippen LogP contribution in [0.3, 0.4) is 0 Å². The third-order valence-electron chi connectivity index (χ3n) is 3.51. The van der Waals surface area contributed by atoms with E-state index in [4.69, 9.17) is 22.1 Å². The van der Waals surface area contributed by atoms with Crippen molar-refractivity contribution in [2.45, 2.75) is 52.0 Å². The molecule has 1 unspecified atom stereocenters. The second kappa shape index (κ2) is 6.15. The Bertz CT molecular complexity index is 439. The number of benzene rings is 1. The standard InChI is InChI=1S/C16H24ClNO/c1-10(2)13-7-14(6-11(3)18)16(15(17)8-13)19-9-12-4-5-12/h7-8,10-12H,4-6,9,18H2,1-3H3. The molecule has 0 spiro atoms. The van der Waals surface area contributed by atoms with Gasteiger partial charge in [0.1, 0.15) is 5.75 Å². The minimum absolute atomic E-state index is 0.113. The van der Waals surface area contributed by atoms with E-state index in [-0.39, 0.29) is 6.04 Å². The molecule has 1 aliphatic carbocycles. The van der Waals surface area contributed by atoms with E-state index < -0.39 is 0 Å². The Morgan fingerprint density at radius 2 is 2.00 bits per heavy atom. The van der Waals surface area contributed by atoms with Gasteiger partial charge in [0, 0.05) is 6.04 Å². The van der Waals surface area contributed by atoms with Crippen molar-refractivity contribution in [1.29, 1.82) is 0 Å². The van der Waals surface area contributed by atoms with Crippen LogP contribution in [0.2, 0.25) is 5.02 Å². The summed E-state index contributed by atoms with van der Waals surface area (Å²) in [5, 5.41) is 0.725. The van der Waals surface area contributed by atoms with Crippen molar-refractivity contribution < 1.29 is 4.74 Å². The van der Waals surface area contributed by atoms with Gasteiger partial charge >= 0.3 is 0 Å². The Hall–Kier alpha value is -0.730. The van der Waals surface area contributed by atoms with E-state index >= 15 is 0 Å². The van der Waals surface area contributed by atoms with Crippen LogP contribution in [0, 0.1) is 5.92 Å². The molecule has 0 aromatic heterocycles. The fraction of sp³-hybridized carbons (Fsp3) is 0.625. The van der Waals surface area contributed by atoms with Gasteiger partial charge in [0.15, 0.2) is 0 Å². The van der Waals surface area contributed by atoms with E-state index in [9.17, 15) is 0 Å². The summed E-state index contributed by atoms with van der Waals surface area (Å²) in [6.45, 7) is 7.14. The van der Waals surface area contributed by atoms with Gasteiger partial charge in [0.25, 0.3) is 0 Å². The van der Waals surface area contributed by atoms with E-state index in [0.717, 1.165) is 35.3 Å². The minimum Gasteiger partial charge on any atom is -0.491 e. The molecule has 2 N–H and O–H groups in total. The second-order valence-corrected chi connectivity index (χ2v) is 6.49. The maximum atomic E-state index is 6.40. The minimum atomic E-state index is 0.113. The Labute approximate surface area is 121 Å². The van der Waals surface area contributed by atoms with E-state index in [1.807, 2.05) is 13.0 Å². The first-order valence-electron chi connectivity index (χ1n) is 7.18. The summed E-state index contributed by atoms with van der Waals surface area (Å²) < 4.78 is 5.94. The fourth-order valence-electron chi connectivity index (χ4n) is 2.15. The Balaban J connectivity index is 2.25. The molecule has 0 saturated heterocycles. The summed E-state index contributed by atoms with van der Waals surface area (Å²) in [6, 6.07) is 4.34. The van der Waals surface area contributed by atoms with Gasteiger partial charge in [0.05, 0.1) is 11.6 Å². The van der Waals surface area contributed by atoms with Crippen LogP contribution in [-0.2, 0) is 6.42 Å². The molecule has 1 fully saturated rings. The summed E-state index contributed by atoms with van der Waals surface area (Å²) in [4.78, 5) is 0. The lowest BCUT2D eigenvalue weighted by Crippen LogP contribution is -2.19. The molecule has 106 valence electrons. The largest absolute Gasteiger partial charge is 0.491 e. The van der Waals surface area contributed by atoms with Crippen molar-refractivity contribution in [1.82, 2.24) is 0 Å². The van der Waals surface area contributed by atoms with Crippen molar-refractivity contribution in [2.24, 2.45) is 11.7 Å².